The number of halogens is 1. The molecular weight excluding hydrogens is 462 g/mol. The summed E-state index contributed by atoms with van der Waals surface area (Å²) in [6.07, 6.45) is 2.29. The molecule has 0 aliphatic heterocycles. The van der Waals surface area contributed by atoms with Crippen LogP contribution in [-0.2, 0) is 6.42 Å². The molecule has 1 atom stereocenters. The Morgan fingerprint density at radius 1 is 1.12 bits per heavy atom. The van der Waals surface area contributed by atoms with Gasteiger partial charge in [-0.3, -0.25) is 4.79 Å². The Hall–Kier alpha value is -3.10. The Bertz CT molecular complexity index is 1410. The van der Waals surface area contributed by atoms with Crippen molar-refractivity contribution in [2.24, 2.45) is 5.41 Å². The fraction of sp³-hybridized carbons (Fsp3) is 0.259. The summed E-state index contributed by atoms with van der Waals surface area (Å²) in [4.78, 5) is 20.6. The molecule has 0 amide bonds. The molecule has 32 heavy (non-hydrogen) atoms. The van der Waals surface area contributed by atoms with E-state index in [4.69, 9.17) is 4.98 Å². The van der Waals surface area contributed by atoms with Gasteiger partial charge in [-0.2, -0.15) is 0 Å². The van der Waals surface area contributed by atoms with Crippen LogP contribution < -0.4 is 10.9 Å². The molecule has 0 fully saturated rings. The molecule has 1 unspecified atom stereocenters. The lowest BCUT2D eigenvalue weighted by Gasteiger charge is -2.29. The zero-order valence-electron chi connectivity index (χ0n) is 18.7. The van der Waals surface area contributed by atoms with E-state index in [0.717, 1.165) is 26.6 Å². The lowest BCUT2D eigenvalue weighted by atomic mass is 9.88. The summed E-state index contributed by atoms with van der Waals surface area (Å²) in [5.41, 5.74) is 2.36. The Morgan fingerprint density at radius 3 is 2.59 bits per heavy atom. The lowest BCUT2D eigenvalue weighted by molar-refractivity contribution is 0.359. The van der Waals surface area contributed by atoms with Crippen molar-refractivity contribution in [2.75, 3.05) is 5.32 Å². The minimum atomic E-state index is -0.167. The smallest absolute Gasteiger partial charge is 0.258 e. The van der Waals surface area contributed by atoms with Crippen LogP contribution in [0.4, 0.5) is 5.82 Å². The second kappa shape index (κ2) is 8.80. The van der Waals surface area contributed by atoms with Crippen molar-refractivity contribution in [3.63, 3.8) is 0 Å². The maximum Gasteiger partial charge on any atom is 0.258 e. The first-order valence-corrected chi connectivity index (χ1v) is 11.5. The average molecular weight is 488 g/mol. The van der Waals surface area contributed by atoms with Gasteiger partial charge in [0.15, 0.2) is 0 Å². The van der Waals surface area contributed by atoms with Crippen LogP contribution in [0.1, 0.15) is 38.8 Å². The topological polar surface area (TPSA) is 57.8 Å². The molecule has 2 heterocycles. The van der Waals surface area contributed by atoms with Crippen LogP contribution in [0.5, 0.6) is 0 Å². The molecule has 4 nitrogen and oxygen atoms in total. The van der Waals surface area contributed by atoms with Crippen molar-refractivity contribution in [3.8, 4) is 11.8 Å². The molecule has 0 aliphatic carbocycles. The summed E-state index contributed by atoms with van der Waals surface area (Å²) in [6, 6.07) is 16.2. The Labute approximate surface area is 196 Å². The number of nitrogens with one attached hydrogen (secondary N) is 2. The third-order valence-corrected chi connectivity index (χ3v) is 6.30. The van der Waals surface area contributed by atoms with Gasteiger partial charge >= 0.3 is 0 Å². The molecule has 0 saturated heterocycles. The summed E-state index contributed by atoms with van der Waals surface area (Å²) in [5.74, 6) is 7.23. The van der Waals surface area contributed by atoms with Crippen molar-refractivity contribution in [1.29, 1.82) is 0 Å². The number of fused-ring (bicyclic) bond motifs is 3. The van der Waals surface area contributed by atoms with Crippen LogP contribution in [0, 0.1) is 17.3 Å². The molecule has 2 N–H and O–H groups in total. The quantitative estimate of drug-likeness (QED) is 0.264. The van der Waals surface area contributed by atoms with Crippen LogP contribution >= 0.6 is 15.9 Å². The van der Waals surface area contributed by atoms with Crippen LogP contribution in [0.15, 0.2) is 64.0 Å². The lowest BCUT2D eigenvalue weighted by Crippen LogP contribution is -2.31. The molecular formula is C27H26BrN3O. The minimum Gasteiger partial charge on any atom is -0.367 e. The van der Waals surface area contributed by atoms with Crippen LogP contribution in [0.2, 0.25) is 0 Å². The van der Waals surface area contributed by atoms with Gasteiger partial charge in [-0.05, 0) is 36.1 Å². The Kier molecular flexibility index (Phi) is 6.08. The van der Waals surface area contributed by atoms with E-state index in [9.17, 15) is 4.79 Å². The molecule has 0 bridgehead atoms. The second-order valence-corrected chi connectivity index (χ2v) is 10.0. The molecule has 4 aromatic rings. The number of pyridine rings is 2. The average Bonchev–Trinajstić information content (AvgIpc) is 2.75. The number of aromatic nitrogens is 2. The number of anilines is 1. The van der Waals surface area contributed by atoms with Gasteiger partial charge in [0.05, 0.1) is 16.5 Å². The normalized spacial score (nSPS) is 12.4. The summed E-state index contributed by atoms with van der Waals surface area (Å²) in [7, 11) is 0. The van der Waals surface area contributed by atoms with Gasteiger partial charge in [-0.15, -0.1) is 0 Å². The number of H-pyrrole nitrogens is 1. The fourth-order valence-corrected chi connectivity index (χ4v) is 3.81. The molecule has 2 aromatic heterocycles. The highest BCUT2D eigenvalue weighted by Gasteiger charge is 2.22. The standard InChI is InChI=1S/C27H26BrN3O/c1-17(27(2,3)4)30-25-21-14-13-20(28)15-22(21)23-24(31-25)19(16-29-26(23)32)12-8-11-18-9-6-5-7-10-18/h5-7,9-10,13-17H,11H2,1-4H3,(H,29,32)(H,30,31). The largest absolute Gasteiger partial charge is 0.367 e. The third kappa shape index (κ3) is 4.56. The van der Waals surface area contributed by atoms with E-state index in [1.807, 2.05) is 36.4 Å². The van der Waals surface area contributed by atoms with E-state index in [-0.39, 0.29) is 17.0 Å². The first kappa shape index (κ1) is 22.1. The molecule has 162 valence electrons. The number of benzene rings is 2. The van der Waals surface area contributed by atoms with Crippen molar-refractivity contribution < 1.29 is 0 Å². The summed E-state index contributed by atoms with van der Waals surface area (Å²) >= 11 is 3.56. The molecule has 0 radical (unpaired) electrons. The molecule has 4 rings (SSSR count). The molecule has 5 heteroatoms. The van der Waals surface area contributed by atoms with Crippen molar-refractivity contribution in [2.45, 2.75) is 40.2 Å². The molecule has 0 aliphatic rings. The zero-order valence-corrected chi connectivity index (χ0v) is 20.3. The van der Waals surface area contributed by atoms with Crippen molar-refractivity contribution >= 4 is 43.4 Å². The summed E-state index contributed by atoms with van der Waals surface area (Å²) in [5, 5.41) is 5.90. The van der Waals surface area contributed by atoms with Gasteiger partial charge in [0.2, 0.25) is 0 Å². The Morgan fingerprint density at radius 2 is 1.88 bits per heavy atom. The zero-order chi connectivity index (χ0) is 22.9. The van der Waals surface area contributed by atoms with Gasteiger partial charge in [0.1, 0.15) is 5.82 Å². The first-order chi connectivity index (χ1) is 15.2. The van der Waals surface area contributed by atoms with Crippen LogP contribution in [0.25, 0.3) is 21.7 Å². The van der Waals surface area contributed by atoms with E-state index >= 15 is 0 Å². The Balaban J connectivity index is 1.91. The highest BCUT2D eigenvalue weighted by Crippen LogP contribution is 2.33. The molecule has 0 saturated carbocycles. The van der Waals surface area contributed by atoms with Crippen LogP contribution in [0.3, 0.4) is 0 Å². The van der Waals surface area contributed by atoms with Crippen molar-refractivity contribution in [3.05, 3.63) is 80.7 Å². The number of nitrogens with zero attached hydrogens (tertiary/aromatic N) is 1. The minimum absolute atomic E-state index is 0.0464. The van der Waals surface area contributed by atoms with Gasteiger partial charge in [-0.1, -0.05) is 78.9 Å². The summed E-state index contributed by atoms with van der Waals surface area (Å²) in [6.45, 7) is 8.72. The highest BCUT2D eigenvalue weighted by molar-refractivity contribution is 9.10. The van der Waals surface area contributed by atoms with E-state index in [2.05, 4.69) is 77.9 Å². The predicted octanol–water partition coefficient (Wildman–Crippen LogP) is 6.28. The maximum absolute atomic E-state index is 12.9. The van der Waals surface area contributed by atoms with Gasteiger partial charge in [0, 0.05) is 33.9 Å². The third-order valence-electron chi connectivity index (χ3n) is 5.81. The predicted molar refractivity (Wildman–Crippen MR) is 137 cm³/mol. The molecule has 2 aromatic carbocycles. The molecule has 0 spiro atoms. The maximum atomic E-state index is 12.9. The number of hydrogen-bond acceptors (Lipinski definition) is 3. The van der Waals surface area contributed by atoms with Crippen molar-refractivity contribution in [1.82, 2.24) is 9.97 Å². The monoisotopic (exact) mass is 487 g/mol. The van der Waals surface area contributed by atoms with Gasteiger partial charge < -0.3 is 10.3 Å². The van der Waals surface area contributed by atoms with E-state index in [1.54, 1.807) is 6.20 Å². The SMILES string of the molecule is CC(Nc1nc2c(C#CCc3ccccc3)c[nH]c(=O)c2c2cc(Br)ccc12)C(C)(C)C. The summed E-state index contributed by atoms with van der Waals surface area (Å²) < 4.78 is 0.910. The number of rotatable bonds is 3. The van der Waals surface area contributed by atoms with E-state index in [1.165, 1.54) is 0 Å². The van der Waals surface area contributed by atoms with Gasteiger partial charge in [-0.25, -0.2) is 4.98 Å². The number of aromatic amines is 1. The first-order valence-electron chi connectivity index (χ1n) is 10.7. The fourth-order valence-electron chi connectivity index (χ4n) is 3.45. The second-order valence-electron chi connectivity index (χ2n) is 9.10. The highest BCUT2D eigenvalue weighted by atomic mass is 79.9. The van der Waals surface area contributed by atoms with Crippen LogP contribution in [-0.4, -0.2) is 16.0 Å². The van der Waals surface area contributed by atoms with E-state index < -0.39 is 0 Å². The van der Waals surface area contributed by atoms with Gasteiger partial charge in [0.25, 0.3) is 5.56 Å². The number of hydrogen-bond donors (Lipinski definition) is 2. The van der Waals surface area contributed by atoms with E-state index in [0.29, 0.717) is 22.9 Å².